The minimum Gasteiger partial charge on any atom is -0.328 e. The molecule has 2 unspecified atom stereocenters. The first-order chi connectivity index (χ1) is 7.68. The van der Waals surface area contributed by atoms with Crippen LogP contribution in [0.25, 0.3) is 0 Å². The van der Waals surface area contributed by atoms with Gasteiger partial charge in [-0.05, 0) is 58.4 Å². The highest BCUT2D eigenvalue weighted by atomic mass is 15.2. The lowest BCUT2D eigenvalue weighted by Gasteiger charge is -2.47. The standard InChI is InChI=1S/C14H28N2/c1-11(15)10-12(2)16-9-5-7-13-6-3-4-8-14(13)16/h11-14H,3-10,15H2,1-2H3/t11?,12?,13-,14-/m1/s1. The SMILES string of the molecule is CC(N)CC(C)N1CCC[C@H]2CCCC[C@H]21. The van der Waals surface area contributed by atoms with E-state index in [0.29, 0.717) is 12.1 Å². The Hall–Kier alpha value is -0.0800. The summed E-state index contributed by atoms with van der Waals surface area (Å²) < 4.78 is 0. The van der Waals surface area contributed by atoms with Crippen LogP contribution in [0.3, 0.4) is 0 Å². The van der Waals surface area contributed by atoms with Gasteiger partial charge in [-0.3, -0.25) is 4.90 Å². The molecule has 0 bridgehead atoms. The van der Waals surface area contributed by atoms with Gasteiger partial charge in [-0.2, -0.15) is 0 Å². The molecule has 1 saturated carbocycles. The summed E-state index contributed by atoms with van der Waals surface area (Å²) in [6, 6.07) is 1.92. The van der Waals surface area contributed by atoms with Gasteiger partial charge in [0.1, 0.15) is 0 Å². The molecule has 16 heavy (non-hydrogen) atoms. The van der Waals surface area contributed by atoms with Gasteiger partial charge in [-0.15, -0.1) is 0 Å². The van der Waals surface area contributed by atoms with Crippen LogP contribution >= 0.6 is 0 Å². The Morgan fingerprint density at radius 3 is 2.56 bits per heavy atom. The summed E-state index contributed by atoms with van der Waals surface area (Å²) >= 11 is 0. The second-order valence-electron chi connectivity index (χ2n) is 6.05. The second kappa shape index (κ2) is 5.50. The van der Waals surface area contributed by atoms with E-state index in [1.165, 1.54) is 45.1 Å². The number of piperidine rings is 1. The van der Waals surface area contributed by atoms with Crippen molar-refractivity contribution in [1.29, 1.82) is 0 Å². The summed E-state index contributed by atoms with van der Waals surface area (Å²) in [6.07, 6.45) is 9.87. The summed E-state index contributed by atoms with van der Waals surface area (Å²) in [7, 11) is 0. The predicted molar refractivity (Wildman–Crippen MR) is 69.4 cm³/mol. The van der Waals surface area contributed by atoms with Crippen molar-refractivity contribution in [3.05, 3.63) is 0 Å². The van der Waals surface area contributed by atoms with E-state index >= 15 is 0 Å². The molecule has 94 valence electrons. The largest absolute Gasteiger partial charge is 0.328 e. The number of likely N-dealkylation sites (tertiary alicyclic amines) is 1. The number of hydrogen-bond acceptors (Lipinski definition) is 2. The van der Waals surface area contributed by atoms with Gasteiger partial charge in [0.05, 0.1) is 0 Å². The van der Waals surface area contributed by atoms with E-state index in [1.54, 1.807) is 0 Å². The fourth-order valence-electron chi connectivity index (χ4n) is 3.88. The first-order valence-corrected chi connectivity index (χ1v) is 7.20. The van der Waals surface area contributed by atoms with E-state index in [9.17, 15) is 0 Å². The number of hydrogen-bond donors (Lipinski definition) is 1. The maximum atomic E-state index is 5.94. The molecule has 2 aliphatic rings. The van der Waals surface area contributed by atoms with Crippen LogP contribution in [0.1, 0.15) is 58.8 Å². The third-order valence-corrected chi connectivity index (χ3v) is 4.57. The molecule has 2 rings (SSSR count). The second-order valence-corrected chi connectivity index (χ2v) is 6.05. The molecule has 0 aromatic heterocycles. The molecule has 0 amide bonds. The molecular weight excluding hydrogens is 196 g/mol. The Morgan fingerprint density at radius 2 is 1.81 bits per heavy atom. The molecule has 2 N–H and O–H groups in total. The highest BCUT2D eigenvalue weighted by molar-refractivity contribution is 4.90. The lowest BCUT2D eigenvalue weighted by Crippen LogP contribution is -2.51. The fourth-order valence-corrected chi connectivity index (χ4v) is 3.88. The molecule has 2 heteroatoms. The number of rotatable bonds is 3. The van der Waals surface area contributed by atoms with E-state index in [2.05, 4.69) is 18.7 Å². The van der Waals surface area contributed by atoms with Crippen molar-refractivity contribution in [3.63, 3.8) is 0 Å². The van der Waals surface area contributed by atoms with Crippen LogP contribution in [-0.2, 0) is 0 Å². The zero-order valence-electron chi connectivity index (χ0n) is 11.0. The Kier molecular flexibility index (Phi) is 4.26. The quantitative estimate of drug-likeness (QED) is 0.798. The number of nitrogens with zero attached hydrogens (tertiary/aromatic N) is 1. The highest BCUT2D eigenvalue weighted by Crippen LogP contribution is 2.36. The summed E-state index contributed by atoms with van der Waals surface area (Å²) in [5.74, 6) is 0.998. The van der Waals surface area contributed by atoms with Gasteiger partial charge in [0, 0.05) is 18.1 Å². The van der Waals surface area contributed by atoms with Crippen molar-refractivity contribution < 1.29 is 0 Å². The van der Waals surface area contributed by atoms with Crippen molar-refractivity contribution in [2.24, 2.45) is 11.7 Å². The van der Waals surface area contributed by atoms with Crippen molar-refractivity contribution in [2.75, 3.05) is 6.54 Å². The Morgan fingerprint density at radius 1 is 1.12 bits per heavy atom. The summed E-state index contributed by atoms with van der Waals surface area (Å²) in [4.78, 5) is 2.77. The molecule has 1 aliphatic carbocycles. The Bertz CT molecular complexity index is 213. The first-order valence-electron chi connectivity index (χ1n) is 7.20. The maximum absolute atomic E-state index is 5.94. The normalized spacial score (nSPS) is 35.4. The summed E-state index contributed by atoms with van der Waals surface area (Å²) in [5.41, 5.74) is 5.94. The molecule has 2 nitrogen and oxygen atoms in total. The van der Waals surface area contributed by atoms with Crippen molar-refractivity contribution in [2.45, 2.75) is 76.9 Å². The first kappa shape index (κ1) is 12.4. The van der Waals surface area contributed by atoms with E-state index in [1.807, 2.05) is 0 Å². The highest BCUT2D eigenvalue weighted by Gasteiger charge is 2.35. The summed E-state index contributed by atoms with van der Waals surface area (Å²) in [6.45, 7) is 5.83. The minimum atomic E-state index is 0.346. The molecule has 4 atom stereocenters. The summed E-state index contributed by atoms with van der Waals surface area (Å²) in [5, 5.41) is 0. The van der Waals surface area contributed by atoms with Crippen LogP contribution in [-0.4, -0.2) is 29.6 Å². The van der Waals surface area contributed by atoms with E-state index in [4.69, 9.17) is 5.73 Å². The van der Waals surface area contributed by atoms with Gasteiger partial charge in [0.2, 0.25) is 0 Å². The monoisotopic (exact) mass is 224 g/mol. The van der Waals surface area contributed by atoms with Crippen LogP contribution in [0.15, 0.2) is 0 Å². The predicted octanol–water partition coefficient (Wildman–Crippen LogP) is 2.77. The molecule has 2 fully saturated rings. The number of fused-ring (bicyclic) bond motifs is 1. The van der Waals surface area contributed by atoms with Crippen LogP contribution in [0, 0.1) is 5.92 Å². The average Bonchev–Trinajstić information content (AvgIpc) is 2.27. The van der Waals surface area contributed by atoms with Crippen LogP contribution in [0.2, 0.25) is 0 Å². The van der Waals surface area contributed by atoms with Gasteiger partial charge in [-0.25, -0.2) is 0 Å². The van der Waals surface area contributed by atoms with Crippen molar-refractivity contribution >= 4 is 0 Å². The Labute approximate surface area is 101 Å². The van der Waals surface area contributed by atoms with Gasteiger partial charge in [0.25, 0.3) is 0 Å². The van der Waals surface area contributed by atoms with E-state index in [-0.39, 0.29) is 0 Å². The molecular formula is C14H28N2. The van der Waals surface area contributed by atoms with Gasteiger partial charge >= 0.3 is 0 Å². The Balaban J connectivity index is 1.96. The maximum Gasteiger partial charge on any atom is 0.0126 e. The molecule has 1 heterocycles. The lowest BCUT2D eigenvalue weighted by molar-refractivity contribution is 0.0272. The van der Waals surface area contributed by atoms with Crippen LogP contribution in [0.5, 0.6) is 0 Å². The van der Waals surface area contributed by atoms with E-state index < -0.39 is 0 Å². The molecule has 1 saturated heterocycles. The zero-order chi connectivity index (χ0) is 11.5. The molecule has 0 aromatic rings. The van der Waals surface area contributed by atoms with Gasteiger partial charge in [-0.1, -0.05) is 12.8 Å². The molecule has 0 radical (unpaired) electrons. The molecule has 0 spiro atoms. The number of nitrogens with two attached hydrogens (primary N) is 1. The zero-order valence-corrected chi connectivity index (χ0v) is 11.0. The van der Waals surface area contributed by atoms with Crippen LogP contribution < -0.4 is 5.73 Å². The third kappa shape index (κ3) is 2.78. The topological polar surface area (TPSA) is 29.3 Å². The van der Waals surface area contributed by atoms with Crippen molar-refractivity contribution in [3.8, 4) is 0 Å². The van der Waals surface area contributed by atoms with Crippen LogP contribution in [0.4, 0.5) is 0 Å². The molecule has 0 aromatic carbocycles. The minimum absolute atomic E-state index is 0.346. The smallest absolute Gasteiger partial charge is 0.0126 e. The van der Waals surface area contributed by atoms with Crippen molar-refractivity contribution in [1.82, 2.24) is 4.90 Å². The average molecular weight is 224 g/mol. The third-order valence-electron chi connectivity index (χ3n) is 4.57. The molecule has 1 aliphatic heterocycles. The van der Waals surface area contributed by atoms with Gasteiger partial charge < -0.3 is 5.73 Å². The lowest BCUT2D eigenvalue weighted by atomic mass is 9.77. The van der Waals surface area contributed by atoms with E-state index in [0.717, 1.165) is 18.4 Å². The fraction of sp³-hybridized carbons (Fsp3) is 1.00. The van der Waals surface area contributed by atoms with Gasteiger partial charge in [0.15, 0.2) is 0 Å².